The van der Waals surface area contributed by atoms with Gasteiger partial charge in [0, 0.05) is 16.8 Å². The number of aryl methyl sites for hydroxylation is 4. The van der Waals surface area contributed by atoms with E-state index >= 15 is 0 Å². The van der Waals surface area contributed by atoms with E-state index in [0.29, 0.717) is 0 Å². The summed E-state index contributed by atoms with van der Waals surface area (Å²) in [5, 5.41) is 1.39. The van der Waals surface area contributed by atoms with Crippen molar-refractivity contribution in [3.05, 3.63) is 94.7 Å². The Balaban J connectivity index is 1.83. The maximum Gasteiger partial charge on any atom is 0.0540 e. The minimum Gasteiger partial charge on any atom is -0.310 e. The predicted molar refractivity (Wildman–Crippen MR) is 120 cm³/mol. The zero-order chi connectivity index (χ0) is 19.3. The molecule has 1 aliphatic carbocycles. The number of hydrogen-bond donors (Lipinski definition) is 0. The summed E-state index contributed by atoms with van der Waals surface area (Å²) in [4.78, 5) is 0. The van der Waals surface area contributed by atoms with E-state index in [1.807, 2.05) is 0 Å². The number of rotatable bonds is 2. The van der Waals surface area contributed by atoms with Crippen LogP contribution in [0.1, 0.15) is 34.4 Å². The van der Waals surface area contributed by atoms with Crippen LogP contribution in [0, 0.1) is 20.8 Å². The number of benzene rings is 3. The molecule has 0 radical (unpaired) electrons. The molecule has 0 unspecified atom stereocenters. The lowest BCUT2D eigenvalue weighted by atomic mass is 9.93. The van der Waals surface area contributed by atoms with Gasteiger partial charge in [0.15, 0.2) is 0 Å². The van der Waals surface area contributed by atoms with E-state index in [-0.39, 0.29) is 0 Å². The first kappa shape index (κ1) is 17.1. The molecule has 0 atom stereocenters. The van der Waals surface area contributed by atoms with Crippen molar-refractivity contribution < 1.29 is 0 Å². The molecule has 138 valence electrons. The molecule has 0 N–H and O–H groups in total. The lowest BCUT2D eigenvalue weighted by molar-refractivity contribution is 0.967. The first-order valence-corrected chi connectivity index (χ1v) is 10.1. The number of fused-ring (bicyclic) bond motifs is 3. The van der Waals surface area contributed by atoms with Crippen molar-refractivity contribution in [3.63, 3.8) is 0 Å². The van der Waals surface area contributed by atoms with E-state index in [1.165, 1.54) is 55.7 Å². The lowest BCUT2D eigenvalue weighted by Crippen LogP contribution is -2.00. The van der Waals surface area contributed by atoms with Gasteiger partial charge in [0.1, 0.15) is 0 Å². The third kappa shape index (κ3) is 2.62. The zero-order valence-electron chi connectivity index (χ0n) is 16.8. The van der Waals surface area contributed by atoms with Gasteiger partial charge in [0.05, 0.1) is 5.52 Å². The second-order valence-corrected chi connectivity index (χ2v) is 7.97. The highest BCUT2D eigenvalue weighted by atomic mass is 15.0. The van der Waals surface area contributed by atoms with Crippen LogP contribution >= 0.6 is 0 Å². The van der Waals surface area contributed by atoms with Crippen LogP contribution in [0.2, 0.25) is 0 Å². The summed E-state index contributed by atoms with van der Waals surface area (Å²) in [5.74, 6) is 0. The molecule has 0 fully saturated rings. The van der Waals surface area contributed by atoms with E-state index in [2.05, 4.69) is 98.2 Å². The van der Waals surface area contributed by atoms with E-state index in [0.717, 1.165) is 12.8 Å². The number of allylic oxidation sites excluding steroid dienone is 1. The molecule has 0 spiro atoms. The van der Waals surface area contributed by atoms with Gasteiger partial charge in [0.2, 0.25) is 0 Å². The van der Waals surface area contributed by atoms with Crippen LogP contribution < -0.4 is 0 Å². The van der Waals surface area contributed by atoms with E-state index < -0.39 is 0 Å². The van der Waals surface area contributed by atoms with Gasteiger partial charge in [-0.05, 0) is 91.8 Å². The van der Waals surface area contributed by atoms with Gasteiger partial charge < -0.3 is 4.57 Å². The van der Waals surface area contributed by atoms with Gasteiger partial charge >= 0.3 is 0 Å². The monoisotopic (exact) mass is 363 g/mol. The summed E-state index contributed by atoms with van der Waals surface area (Å²) in [6, 6.07) is 22.4. The highest BCUT2D eigenvalue weighted by molar-refractivity contribution is 5.95. The second kappa shape index (κ2) is 6.53. The molecule has 0 aliphatic heterocycles. The molecule has 1 aromatic heterocycles. The fourth-order valence-corrected chi connectivity index (χ4v) is 4.52. The zero-order valence-corrected chi connectivity index (χ0v) is 16.8. The number of aromatic nitrogens is 1. The summed E-state index contributed by atoms with van der Waals surface area (Å²) in [7, 11) is 0. The minimum atomic E-state index is 1.11. The van der Waals surface area contributed by atoms with Crippen molar-refractivity contribution in [1.29, 1.82) is 0 Å². The fraction of sp³-hybridized carbons (Fsp3) is 0.185. The van der Waals surface area contributed by atoms with Crippen LogP contribution in [-0.2, 0) is 6.42 Å². The van der Waals surface area contributed by atoms with Crippen LogP contribution in [0.5, 0.6) is 0 Å². The van der Waals surface area contributed by atoms with Gasteiger partial charge in [-0.15, -0.1) is 0 Å². The largest absolute Gasteiger partial charge is 0.310 e. The molecule has 3 aromatic carbocycles. The normalized spacial score (nSPS) is 13.1. The Bertz CT molecular complexity index is 1220. The predicted octanol–water partition coefficient (Wildman–Crippen LogP) is 7.18. The van der Waals surface area contributed by atoms with Gasteiger partial charge in [0.25, 0.3) is 0 Å². The van der Waals surface area contributed by atoms with Gasteiger partial charge in [-0.25, -0.2) is 0 Å². The van der Waals surface area contributed by atoms with E-state index in [9.17, 15) is 0 Å². The highest BCUT2D eigenvalue weighted by Gasteiger charge is 2.20. The third-order valence-corrected chi connectivity index (χ3v) is 6.02. The van der Waals surface area contributed by atoms with E-state index in [4.69, 9.17) is 0 Å². The Labute approximate surface area is 167 Å². The Morgan fingerprint density at radius 2 is 1.57 bits per heavy atom. The maximum absolute atomic E-state index is 2.44. The van der Waals surface area contributed by atoms with Gasteiger partial charge in [-0.3, -0.25) is 0 Å². The molecule has 4 aromatic rings. The van der Waals surface area contributed by atoms with Crippen molar-refractivity contribution in [1.82, 2.24) is 4.57 Å². The first-order chi connectivity index (χ1) is 13.6. The van der Waals surface area contributed by atoms with Crippen LogP contribution in [0.25, 0.3) is 33.8 Å². The Kier molecular flexibility index (Phi) is 3.98. The maximum atomic E-state index is 2.44. The standard InChI is InChI=1S/C27H25N/c1-18-12-14-21(15-13-18)28-26-11-7-6-10-23(26)25-17-24(20(3)16-27(25)28)22-9-5-4-8-19(22)2/h4-5,7-9,11-17H,6,10H2,1-3H3. The van der Waals surface area contributed by atoms with Gasteiger partial charge in [-0.2, -0.15) is 0 Å². The Morgan fingerprint density at radius 3 is 2.36 bits per heavy atom. The average Bonchev–Trinajstić information content (AvgIpc) is 3.02. The first-order valence-electron chi connectivity index (χ1n) is 10.1. The van der Waals surface area contributed by atoms with Crippen molar-refractivity contribution >= 4 is 17.0 Å². The van der Waals surface area contributed by atoms with Crippen LogP contribution in [0.4, 0.5) is 0 Å². The molecule has 28 heavy (non-hydrogen) atoms. The minimum absolute atomic E-state index is 1.11. The fourth-order valence-electron chi connectivity index (χ4n) is 4.52. The van der Waals surface area contributed by atoms with Gasteiger partial charge in [-0.1, -0.05) is 48.0 Å². The summed E-state index contributed by atoms with van der Waals surface area (Å²) in [6.45, 7) is 6.59. The highest BCUT2D eigenvalue weighted by Crippen LogP contribution is 2.38. The third-order valence-electron chi connectivity index (χ3n) is 6.02. The summed E-state index contributed by atoms with van der Waals surface area (Å²) >= 11 is 0. The van der Waals surface area contributed by atoms with E-state index in [1.54, 1.807) is 0 Å². The number of nitrogens with zero attached hydrogens (tertiary/aromatic N) is 1. The summed E-state index contributed by atoms with van der Waals surface area (Å²) in [6.07, 6.45) is 6.84. The van der Waals surface area contributed by atoms with Crippen molar-refractivity contribution in [2.24, 2.45) is 0 Å². The Hall–Kier alpha value is -3.06. The molecule has 1 nitrogen and oxygen atoms in total. The van der Waals surface area contributed by atoms with Crippen LogP contribution in [0.3, 0.4) is 0 Å². The van der Waals surface area contributed by atoms with Crippen molar-refractivity contribution in [2.45, 2.75) is 33.6 Å². The summed E-state index contributed by atoms with van der Waals surface area (Å²) in [5.41, 5.74) is 12.0. The lowest BCUT2D eigenvalue weighted by Gasteiger charge is -2.13. The average molecular weight is 364 g/mol. The molecule has 1 heteroatoms. The molecule has 1 aliphatic rings. The molecule has 1 heterocycles. The SMILES string of the molecule is Cc1ccc(-n2c3c(c4cc(-c5ccccc5C)c(C)cc42)CCC=C3)cc1. The topological polar surface area (TPSA) is 4.93 Å². The molecular formula is C27H25N. The molecule has 0 saturated heterocycles. The number of hydrogen-bond acceptors (Lipinski definition) is 0. The van der Waals surface area contributed by atoms with Crippen molar-refractivity contribution in [3.8, 4) is 16.8 Å². The molecule has 0 bridgehead atoms. The molecule has 0 saturated carbocycles. The van der Waals surface area contributed by atoms with Crippen LogP contribution in [0.15, 0.2) is 66.7 Å². The molecule has 0 amide bonds. The Morgan fingerprint density at radius 1 is 0.786 bits per heavy atom. The molecule has 5 rings (SSSR count). The van der Waals surface area contributed by atoms with Crippen LogP contribution in [-0.4, -0.2) is 4.57 Å². The smallest absolute Gasteiger partial charge is 0.0540 e. The molecular weight excluding hydrogens is 338 g/mol. The van der Waals surface area contributed by atoms with Crippen molar-refractivity contribution in [2.75, 3.05) is 0 Å². The quantitative estimate of drug-likeness (QED) is 0.355. The second-order valence-electron chi connectivity index (χ2n) is 7.97. The summed E-state index contributed by atoms with van der Waals surface area (Å²) < 4.78 is 2.44.